The summed E-state index contributed by atoms with van der Waals surface area (Å²) in [6, 6.07) is 8.87. The maximum Gasteiger partial charge on any atom is 0.416 e. The van der Waals surface area contributed by atoms with E-state index >= 15 is 0 Å². The molecule has 4 nitrogen and oxygen atoms in total. The van der Waals surface area contributed by atoms with Crippen molar-refractivity contribution >= 4 is 6.29 Å². The van der Waals surface area contributed by atoms with Crippen LogP contribution in [0.3, 0.4) is 0 Å². The van der Waals surface area contributed by atoms with Gasteiger partial charge >= 0.3 is 12.4 Å². The standard InChI is InChI=1S/C12H18O2.C10H8F6.C3H6.C2H4O2.C2H6/c1-3-8-14-10(2)9-11-4-6-12(13)7-5-11;1-2-6-3-7(9(11,12)13)5-8(4-6)10(14,15)16;1-3-2;3-1-2-4;1-2/h4-7,10,13H,3,8-9H2,1-2H3;3-5H,2H2,1H3;3H,1H2,2H3;1,4H,2H2;1-2H3. The molecule has 0 saturated heterocycles. The number of halogens is 6. The summed E-state index contributed by atoms with van der Waals surface area (Å²) in [5, 5.41) is 16.6. The Labute approximate surface area is 228 Å². The lowest BCUT2D eigenvalue weighted by molar-refractivity contribution is -0.143. The smallest absolute Gasteiger partial charge is 0.416 e. The van der Waals surface area contributed by atoms with E-state index in [1.807, 2.05) is 32.9 Å². The van der Waals surface area contributed by atoms with Crippen molar-refractivity contribution in [1.82, 2.24) is 0 Å². The highest BCUT2D eigenvalue weighted by Gasteiger charge is 2.36. The van der Waals surface area contributed by atoms with Gasteiger partial charge in [-0.1, -0.05) is 45.9 Å². The summed E-state index contributed by atoms with van der Waals surface area (Å²) in [4.78, 5) is 8.92. The van der Waals surface area contributed by atoms with E-state index in [-0.39, 0.29) is 30.8 Å². The second-order valence-electron chi connectivity index (χ2n) is 7.58. The fraction of sp³-hybridized carbons (Fsp3) is 0.483. The third-order valence-corrected chi connectivity index (χ3v) is 4.20. The molecule has 2 rings (SSSR count). The summed E-state index contributed by atoms with van der Waals surface area (Å²) in [5.74, 6) is 0.316. The molecule has 0 aliphatic heterocycles. The van der Waals surface area contributed by atoms with Crippen LogP contribution in [0.1, 0.15) is 70.2 Å². The molecule has 224 valence electrons. The molecular weight excluding hydrogens is 526 g/mol. The summed E-state index contributed by atoms with van der Waals surface area (Å²) in [7, 11) is 0. The highest BCUT2D eigenvalue weighted by atomic mass is 19.4. The quantitative estimate of drug-likeness (QED) is 0.200. The van der Waals surface area contributed by atoms with Crippen molar-refractivity contribution in [3.63, 3.8) is 0 Å². The van der Waals surface area contributed by atoms with Crippen LogP contribution in [0, 0.1) is 0 Å². The van der Waals surface area contributed by atoms with E-state index in [4.69, 9.17) is 19.7 Å². The molecular formula is C29H42F6O4. The molecule has 0 saturated carbocycles. The molecule has 0 amide bonds. The molecule has 0 aliphatic rings. The number of phenolic OH excluding ortho intramolecular Hbond substituents is 1. The summed E-state index contributed by atoms with van der Waals surface area (Å²) in [6.45, 7) is 15.4. The van der Waals surface area contributed by atoms with Crippen molar-refractivity contribution in [3.8, 4) is 5.75 Å². The zero-order valence-corrected chi connectivity index (χ0v) is 23.5. The van der Waals surface area contributed by atoms with E-state index in [1.165, 1.54) is 12.5 Å². The van der Waals surface area contributed by atoms with Crippen LogP contribution in [-0.4, -0.2) is 35.8 Å². The number of rotatable bonds is 7. The number of hydrogen-bond donors (Lipinski definition) is 2. The Morgan fingerprint density at radius 3 is 1.64 bits per heavy atom. The number of carbonyl (C=O) groups is 1. The number of alkyl halides is 6. The van der Waals surface area contributed by atoms with Crippen LogP contribution in [0.2, 0.25) is 0 Å². The number of aldehydes is 1. The predicted molar refractivity (Wildman–Crippen MR) is 144 cm³/mol. The predicted octanol–water partition coefficient (Wildman–Crippen LogP) is 8.43. The minimum absolute atomic E-state index is 0.0159. The number of phenols is 1. The molecule has 0 aromatic heterocycles. The molecule has 10 heteroatoms. The zero-order chi connectivity index (χ0) is 31.1. The molecule has 2 N–H and O–H groups in total. The maximum atomic E-state index is 12.3. The Bertz CT molecular complexity index is 847. The second-order valence-corrected chi connectivity index (χ2v) is 7.58. The SMILES string of the molecule is C=CC.CC.CCCOC(C)Cc1ccc(O)cc1.CCc1cc(C(F)(F)F)cc(C(F)(F)F)c1.O=CCO. The molecule has 1 unspecified atom stereocenters. The van der Waals surface area contributed by atoms with Gasteiger partial charge in [0, 0.05) is 6.61 Å². The van der Waals surface area contributed by atoms with Crippen molar-refractivity contribution in [1.29, 1.82) is 0 Å². The number of allylic oxidation sites excluding steroid dienone is 1. The summed E-state index contributed by atoms with van der Waals surface area (Å²) in [5.41, 5.74) is -1.31. The molecule has 0 radical (unpaired) electrons. The van der Waals surface area contributed by atoms with Crippen LogP contribution >= 0.6 is 0 Å². The highest BCUT2D eigenvalue weighted by Crippen LogP contribution is 2.36. The van der Waals surface area contributed by atoms with Crippen LogP contribution in [-0.2, 0) is 34.7 Å². The zero-order valence-electron chi connectivity index (χ0n) is 23.5. The van der Waals surface area contributed by atoms with Gasteiger partial charge in [-0.2, -0.15) is 26.3 Å². The monoisotopic (exact) mass is 568 g/mol. The van der Waals surface area contributed by atoms with Gasteiger partial charge in [-0.25, -0.2) is 0 Å². The molecule has 2 aromatic rings. The van der Waals surface area contributed by atoms with Gasteiger partial charge in [0.25, 0.3) is 0 Å². The first kappa shape index (κ1) is 40.6. The van der Waals surface area contributed by atoms with E-state index in [1.54, 1.807) is 18.2 Å². The second kappa shape index (κ2) is 23.1. The Balaban J connectivity index is -0.000000513. The Hall–Kier alpha value is -2.85. The lowest BCUT2D eigenvalue weighted by atomic mass is 10.0. The number of aromatic hydroxyl groups is 1. The Kier molecular flexibility index (Phi) is 24.0. The van der Waals surface area contributed by atoms with Crippen LogP contribution in [0.5, 0.6) is 5.75 Å². The fourth-order valence-electron chi connectivity index (χ4n) is 2.57. The summed E-state index contributed by atoms with van der Waals surface area (Å²) < 4.78 is 79.4. The van der Waals surface area contributed by atoms with E-state index in [9.17, 15) is 26.3 Å². The van der Waals surface area contributed by atoms with Crippen LogP contribution in [0.25, 0.3) is 0 Å². The number of ether oxygens (including phenoxy) is 1. The van der Waals surface area contributed by atoms with Crippen LogP contribution in [0.15, 0.2) is 55.1 Å². The highest BCUT2D eigenvalue weighted by molar-refractivity contribution is 5.49. The largest absolute Gasteiger partial charge is 0.508 e. The first-order valence-corrected chi connectivity index (χ1v) is 12.5. The van der Waals surface area contributed by atoms with Gasteiger partial charge in [-0.3, -0.25) is 0 Å². The minimum atomic E-state index is -4.76. The lowest BCUT2D eigenvalue weighted by Crippen LogP contribution is -2.11. The van der Waals surface area contributed by atoms with Crippen molar-refractivity contribution < 1.29 is 46.1 Å². The van der Waals surface area contributed by atoms with Crippen molar-refractivity contribution in [3.05, 3.63) is 77.4 Å². The number of carbonyl (C=O) groups excluding carboxylic acids is 1. The average Bonchev–Trinajstić information content (AvgIpc) is 2.89. The van der Waals surface area contributed by atoms with Crippen molar-refractivity contribution in [2.24, 2.45) is 0 Å². The molecule has 39 heavy (non-hydrogen) atoms. The summed E-state index contributed by atoms with van der Waals surface area (Å²) in [6.07, 6.45) is -5.01. The molecule has 0 spiro atoms. The van der Waals surface area contributed by atoms with E-state index in [0.717, 1.165) is 31.6 Å². The molecule has 0 aliphatic carbocycles. The van der Waals surface area contributed by atoms with Gasteiger partial charge in [0.2, 0.25) is 0 Å². The molecule has 1 atom stereocenters. The third-order valence-electron chi connectivity index (χ3n) is 4.20. The van der Waals surface area contributed by atoms with Crippen molar-refractivity contribution in [2.75, 3.05) is 13.2 Å². The van der Waals surface area contributed by atoms with Gasteiger partial charge < -0.3 is 19.7 Å². The van der Waals surface area contributed by atoms with Gasteiger partial charge in [0.05, 0.1) is 23.8 Å². The normalized spacial score (nSPS) is 11.0. The minimum Gasteiger partial charge on any atom is -0.508 e. The van der Waals surface area contributed by atoms with Gasteiger partial charge in [-0.05, 0) is 74.6 Å². The Morgan fingerprint density at radius 1 is 0.923 bits per heavy atom. The van der Waals surface area contributed by atoms with Gasteiger partial charge in [0.1, 0.15) is 12.0 Å². The first-order chi connectivity index (χ1) is 18.2. The molecule has 0 bridgehead atoms. The van der Waals surface area contributed by atoms with Crippen molar-refractivity contribution in [2.45, 2.75) is 79.3 Å². The van der Waals surface area contributed by atoms with Gasteiger partial charge in [0.15, 0.2) is 0 Å². The molecule has 0 fully saturated rings. The third kappa shape index (κ3) is 21.7. The van der Waals surface area contributed by atoms with E-state index in [0.29, 0.717) is 12.0 Å². The van der Waals surface area contributed by atoms with E-state index < -0.39 is 23.5 Å². The topological polar surface area (TPSA) is 66.8 Å². The number of benzene rings is 2. The number of hydrogen-bond acceptors (Lipinski definition) is 4. The fourth-order valence-corrected chi connectivity index (χ4v) is 2.57. The first-order valence-electron chi connectivity index (χ1n) is 12.5. The van der Waals surface area contributed by atoms with Crippen LogP contribution in [0.4, 0.5) is 26.3 Å². The number of aliphatic hydroxyl groups is 1. The van der Waals surface area contributed by atoms with Gasteiger partial charge in [-0.15, -0.1) is 6.58 Å². The summed E-state index contributed by atoms with van der Waals surface area (Å²) >= 11 is 0. The molecule has 2 aromatic carbocycles. The lowest BCUT2D eigenvalue weighted by Gasteiger charge is -2.13. The number of aliphatic hydroxyl groups excluding tert-OH is 1. The van der Waals surface area contributed by atoms with Crippen LogP contribution < -0.4 is 0 Å². The number of aryl methyl sites for hydroxylation is 1. The van der Waals surface area contributed by atoms with E-state index in [2.05, 4.69) is 20.4 Å². The Morgan fingerprint density at radius 2 is 1.33 bits per heavy atom. The molecule has 0 heterocycles. The average molecular weight is 569 g/mol. The maximum absolute atomic E-state index is 12.3.